The molecular weight excluding hydrogens is 416 g/mol. The van der Waals surface area contributed by atoms with Gasteiger partial charge in [-0.2, -0.15) is 4.98 Å². The molecule has 2 atom stereocenters. The lowest BCUT2D eigenvalue weighted by molar-refractivity contribution is -0.131. The first-order valence-corrected chi connectivity index (χ1v) is 9.30. The van der Waals surface area contributed by atoms with Crippen molar-refractivity contribution >= 4 is 45.6 Å². The number of nitrogens with zero attached hydrogens (tertiary/aromatic N) is 3. The van der Waals surface area contributed by atoms with Gasteiger partial charge < -0.3 is 15.2 Å². The van der Waals surface area contributed by atoms with Crippen molar-refractivity contribution in [3.05, 3.63) is 21.8 Å². The Balaban J connectivity index is 0.00000208. The highest BCUT2D eigenvalue weighted by Gasteiger charge is 2.31. The van der Waals surface area contributed by atoms with Gasteiger partial charge in [0.15, 0.2) is 0 Å². The van der Waals surface area contributed by atoms with Gasteiger partial charge in [0.2, 0.25) is 17.6 Å². The van der Waals surface area contributed by atoms with Crippen LogP contribution < -0.4 is 5.73 Å². The Morgan fingerprint density at radius 2 is 2.38 bits per heavy atom. The Kier molecular flexibility index (Phi) is 6.79. The smallest absolute Gasteiger partial charge is 0.227 e. The number of carbonyl (C=O) groups is 1. The normalized spacial score (nSPS) is 20.2. The van der Waals surface area contributed by atoms with E-state index >= 15 is 0 Å². The van der Waals surface area contributed by atoms with Crippen LogP contribution in [-0.2, 0) is 11.2 Å². The van der Waals surface area contributed by atoms with Crippen LogP contribution in [0, 0.1) is 5.92 Å². The summed E-state index contributed by atoms with van der Waals surface area (Å²) in [5, 5.41) is 5.95. The molecule has 0 spiro atoms. The number of aryl methyl sites for hydroxylation is 1. The molecule has 1 aliphatic rings. The standard InChI is InChI=1S/C15H19BrN4O2S.ClH/c1-9-4-10(6-17)7-20(9)14(21)3-2-13-18-15(19-22-13)12-5-11(16)8-23-12;/h5,8-10H,2-4,6-7,17H2,1H3;1H. The van der Waals surface area contributed by atoms with Gasteiger partial charge in [-0.1, -0.05) is 5.16 Å². The van der Waals surface area contributed by atoms with E-state index in [1.807, 2.05) is 16.3 Å². The number of nitrogens with two attached hydrogens (primary N) is 1. The zero-order valence-electron chi connectivity index (χ0n) is 13.3. The van der Waals surface area contributed by atoms with Gasteiger partial charge in [-0.3, -0.25) is 4.79 Å². The number of carbonyl (C=O) groups excluding carboxylic acids is 1. The average Bonchev–Trinajstić information content (AvgIpc) is 3.24. The summed E-state index contributed by atoms with van der Waals surface area (Å²) in [6.45, 7) is 3.47. The van der Waals surface area contributed by atoms with E-state index in [-0.39, 0.29) is 24.4 Å². The third kappa shape index (κ3) is 4.36. The molecule has 24 heavy (non-hydrogen) atoms. The quantitative estimate of drug-likeness (QED) is 0.780. The third-order valence-corrected chi connectivity index (χ3v) is 5.81. The van der Waals surface area contributed by atoms with Crippen LogP contribution in [0.1, 0.15) is 25.7 Å². The molecule has 9 heteroatoms. The summed E-state index contributed by atoms with van der Waals surface area (Å²) >= 11 is 4.95. The lowest BCUT2D eigenvalue weighted by Crippen LogP contribution is -2.34. The van der Waals surface area contributed by atoms with Crippen molar-refractivity contribution in [2.24, 2.45) is 11.7 Å². The Morgan fingerprint density at radius 1 is 1.58 bits per heavy atom. The molecular formula is C15H20BrClN4O2S. The van der Waals surface area contributed by atoms with Gasteiger partial charge in [-0.05, 0) is 47.8 Å². The molecule has 0 saturated carbocycles. The largest absolute Gasteiger partial charge is 0.340 e. The second-order valence-electron chi connectivity index (χ2n) is 5.87. The molecule has 0 bridgehead atoms. The van der Waals surface area contributed by atoms with E-state index in [0.29, 0.717) is 37.0 Å². The number of likely N-dealkylation sites (tertiary alicyclic amines) is 1. The topological polar surface area (TPSA) is 85.2 Å². The Bertz CT molecular complexity index is 693. The van der Waals surface area contributed by atoms with Crippen molar-refractivity contribution in [2.45, 2.75) is 32.2 Å². The maximum atomic E-state index is 12.4. The first-order chi connectivity index (χ1) is 11.1. The van der Waals surface area contributed by atoms with Gasteiger partial charge in [-0.15, -0.1) is 23.7 Å². The van der Waals surface area contributed by atoms with Crippen molar-refractivity contribution in [1.29, 1.82) is 0 Å². The number of amides is 1. The summed E-state index contributed by atoms with van der Waals surface area (Å²) < 4.78 is 6.25. The summed E-state index contributed by atoms with van der Waals surface area (Å²) in [4.78, 5) is 19.6. The van der Waals surface area contributed by atoms with Crippen LogP contribution in [0.4, 0.5) is 0 Å². The van der Waals surface area contributed by atoms with Crippen molar-refractivity contribution in [1.82, 2.24) is 15.0 Å². The Morgan fingerprint density at radius 3 is 3.00 bits per heavy atom. The minimum absolute atomic E-state index is 0. The molecule has 2 unspecified atom stereocenters. The number of hydrogen-bond acceptors (Lipinski definition) is 6. The lowest BCUT2D eigenvalue weighted by Gasteiger charge is -2.21. The van der Waals surface area contributed by atoms with Crippen molar-refractivity contribution in [3.63, 3.8) is 0 Å². The van der Waals surface area contributed by atoms with E-state index in [4.69, 9.17) is 10.3 Å². The van der Waals surface area contributed by atoms with Crippen LogP contribution in [0.3, 0.4) is 0 Å². The predicted molar refractivity (Wildman–Crippen MR) is 99.2 cm³/mol. The second kappa shape index (κ2) is 8.42. The Hall–Kier alpha value is -0.960. The van der Waals surface area contributed by atoms with Gasteiger partial charge in [0.25, 0.3) is 0 Å². The predicted octanol–water partition coefficient (Wildman–Crippen LogP) is 3.11. The van der Waals surface area contributed by atoms with Gasteiger partial charge in [0.05, 0.1) is 4.88 Å². The molecule has 1 amide bonds. The van der Waals surface area contributed by atoms with Gasteiger partial charge >= 0.3 is 0 Å². The molecule has 6 nitrogen and oxygen atoms in total. The molecule has 3 rings (SSSR count). The fourth-order valence-electron chi connectivity index (χ4n) is 2.90. The van der Waals surface area contributed by atoms with E-state index in [0.717, 1.165) is 22.3 Å². The van der Waals surface area contributed by atoms with Crippen molar-refractivity contribution in [3.8, 4) is 10.7 Å². The molecule has 2 aromatic heterocycles. The molecule has 3 heterocycles. The Labute approximate surface area is 159 Å². The van der Waals surface area contributed by atoms with Crippen LogP contribution in [0.2, 0.25) is 0 Å². The van der Waals surface area contributed by atoms with Gasteiger partial charge in [0.1, 0.15) is 0 Å². The van der Waals surface area contributed by atoms with E-state index < -0.39 is 0 Å². The van der Waals surface area contributed by atoms with Crippen LogP contribution in [0.15, 0.2) is 20.4 Å². The zero-order valence-corrected chi connectivity index (χ0v) is 16.5. The van der Waals surface area contributed by atoms with Gasteiger partial charge in [-0.25, -0.2) is 0 Å². The highest BCUT2D eigenvalue weighted by molar-refractivity contribution is 9.10. The van der Waals surface area contributed by atoms with E-state index in [1.165, 1.54) is 0 Å². The molecule has 0 radical (unpaired) electrons. The number of hydrogen-bond donors (Lipinski definition) is 1. The summed E-state index contributed by atoms with van der Waals surface area (Å²) in [7, 11) is 0. The molecule has 0 aromatic carbocycles. The summed E-state index contributed by atoms with van der Waals surface area (Å²) in [6.07, 6.45) is 1.84. The summed E-state index contributed by atoms with van der Waals surface area (Å²) in [6, 6.07) is 2.21. The highest BCUT2D eigenvalue weighted by atomic mass is 79.9. The number of aromatic nitrogens is 2. The first-order valence-electron chi connectivity index (χ1n) is 7.63. The van der Waals surface area contributed by atoms with Crippen LogP contribution >= 0.6 is 39.7 Å². The van der Waals surface area contributed by atoms with Crippen LogP contribution in [-0.4, -0.2) is 40.1 Å². The van der Waals surface area contributed by atoms with Gasteiger partial charge in [0, 0.05) is 35.3 Å². The van der Waals surface area contributed by atoms with E-state index in [9.17, 15) is 4.79 Å². The molecule has 1 aliphatic heterocycles. The number of thiophene rings is 1. The zero-order chi connectivity index (χ0) is 16.4. The number of rotatable bonds is 5. The molecule has 132 valence electrons. The maximum Gasteiger partial charge on any atom is 0.227 e. The summed E-state index contributed by atoms with van der Waals surface area (Å²) in [5.41, 5.74) is 5.71. The van der Waals surface area contributed by atoms with Crippen LogP contribution in [0.5, 0.6) is 0 Å². The van der Waals surface area contributed by atoms with E-state index in [1.54, 1.807) is 11.3 Å². The maximum absolute atomic E-state index is 12.4. The molecule has 2 N–H and O–H groups in total. The monoisotopic (exact) mass is 434 g/mol. The molecule has 2 aromatic rings. The minimum atomic E-state index is 0. The van der Waals surface area contributed by atoms with Crippen LogP contribution in [0.25, 0.3) is 10.7 Å². The van der Waals surface area contributed by atoms with Crippen molar-refractivity contribution < 1.29 is 9.32 Å². The minimum Gasteiger partial charge on any atom is -0.340 e. The molecule has 1 saturated heterocycles. The van der Waals surface area contributed by atoms with Crippen molar-refractivity contribution in [2.75, 3.05) is 13.1 Å². The third-order valence-electron chi connectivity index (χ3n) is 4.12. The fourth-order valence-corrected chi connectivity index (χ4v) is 4.26. The average molecular weight is 436 g/mol. The molecule has 0 aliphatic carbocycles. The summed E-state index contributed by atoms with van der Waals surface area (Å²) in [5.74, 6) is 1.62. The number of halogens is 2. The lowest BCUT2D eigenvalue weighted by atomic mass is 10.1. The first kappa shape index (κ1) is 19.4. The SMILES string of the molecule is CC1CC(CN)CN1C(=O)CCc1nc(-c2cc(Br)cs2)no1.Cl. The second-order valence-corrected chi connectivity index (χ2v) is 7.70. The highest BCUT2D eigenvalue weighted by Crippen LogP contribution is 2.28. The van der Waals surface area contributed by atoms with E-state index in [2.05, 4.69) is 33.0 Å². The molecule has 1 fully saturated rings. The fraction of sp³-hybridized carbons (Fsp3) is 0.533.